The van der Waals surface area contributed by atoms with E-state index in [1.807, 2.05) is 20.2 Å². The van der Waals surface area contributed by atoms with Crippen LogP contribution in [0.2, 0.25) is 0 Å². The molecule has 0 aliphatic carbocycles. The zero-order valence-corrected chi connectivity index (χ0v) is 12.9. The van der Waals surface area contributed by atoms with Crippen LogP contribution in [-0.4, -0.2) is 16.3 Å². The summed E-state index contributed by atoms with van der Waals surface area (Å²) in [5.41, 5.74) is 1.74. The van der Waals surface area contributed by atoms with Crippen molar-refractivity contribution in [3.05, 3.63) is 51.8 Å². The first kappa shape index (κ1) is 15.1. The molecule has 1 atom stereocenters. The molecule has 1 aromatic heterocycles. The van der Waals surface area contributed by atoms with Gasteiger partial charge in [0.2, 0.25) is 0 Å². The largest absolute Gasteiger partial charge is 0.310 e. The highest BCUT2D eigenvalue weighted by Gasteiger charge is 2.19. The van der Waals surface area contributed by atoms with Gasteiger partial charge in [-0.15, -0.1) is 0 Å². The fourth-order valence-electron chi connectivity index (χ4n) is 2.16. The van der Waals surface area contributed by atoms with Crippen LogP contribution in [0.3, 0.4) is 0 Å². The zero-order valence-electron chi connectivity index (χ0n) is 11.3. The average molecular weight is 344 g/mol. The van der Waals surface area contributed by atoms with Gasteiger partial charge in [-0.25, -0.2) is 8.78 Å². The fourth-order valence-corrected chi connectivity index (χ4v) is 2.76. The number of nitrogens with zero attached hydrogens (tertiary/aromatic N) is 2. The van der Waals surface area contributed by atoms with E-state index >= 15 is 0 Å². The maximum absolute atomic E-state index is 13.7. The number of likely N-dealkylation sites (N-methyl/N-ethyl adjacent to an activating group) is 1. The number of aryl methyl sites for hydroxylation is 1. The van der Waals surface area contributed by atoms with Crippen molar-refractivity contribution < 1.29 is 8.78 Å². The molecular weight excluding hydrogens is 328 g/mol. The van der Waals surface area contributed by atoms with Crippen LogP contribution in [0.25, 0.3) is 0 Å². The van der Waals surface area contributed by atoms with Crippen molar-refractivity contribution in [2.24, 2.45) is 7.05 Å². The Kier molecular flexibility index (Phi) is 4.88. The molecule has 0 fully saturated rings. The van der Waals surface area contributed by atoms with Crippen LogP contribution < -0.4 is 5.32 Å². The lowest BCUT2D eigenvalue weighted by Crippen LogP contribution is -2.23. The molecule has 1 heterocycles. The van der Waals surface area contributed by atoms with Crippen LogP contribution >= 0.6 is 15.9 Å². The lowest BCUT2D eigenvalue weighted by Gasteiger charge is -2.19. The Labute approximate surface area is 125 Å². The summed E-state index contributed by atoms with van der Waals surface area (Å²) in [5, 5.41) is 7.41. The second kappa shape index (κ2) is 6.45. The monoisotopic (exact) mass is 343 g/mol. The highest BCUT2D eigenvalue weighted by Crippen LogP contribution is 2.29. The van der Waals surface area contributed by atoms with Gasteiger partial charge in [-0.2, -0.15) is 5.10 Å². The zero-order chi connectivity index (χ0) is 14.7. The number of aromatic nitrogens is 2. The normalized spacial score (nSPS) is 12.7. The summed E-state index contributed by atoms with van der Waals surface area (Å²) in [6.07, 6.45) is 4.35. The fraction of sp³-hybridized carbons (Fsp3) is 0.357. The van der Waals surface area contributed by atoms with E-state index < -0.39 is 11.6 Å². The predicted octanol–water partition coefficient (Wildman–Crippen LogP) is 3.35. The quantitative estimate of drug-likeness (QED) is 0.843. The van der Waals surface area contributed by atoms with Crippen LogP contribution in [0, 0.1) is 11.6 Å². The molecule has 0 aliphatic rings. The first-order chi connectivity index (χ1) is 9.52. The van der Waals surface area contributed by atoms with Crippen molar-refractivity contribution in [1.82, 2.24) is 15.1 Å². The molecule has 2 aromatic rings. The van der Waals surface area contributed by atoms with E-state index in [4.69, 9.17) is 0 Å². The van der Waals surface area contributed by atoms with Crippen LogP contribution in [-0.2, 0) is 13.5 Å². The number of hydrogen-bond donors (Lipinski definition) is 1. The first-order valence-electron chi connectivity index (χ1n) is 6.37. The Bertz CT molecular complexity index is 598. The molecule has 0 spiro atoms. The summed E-state index contributed by atoms with van der Waals surface area (Å²) >= 11 is 3.14. The summed E-state index contributed by atoms with van der Waals surface area (Å²) in [4.78, 5) is 0. The Morgan fingerprint density at radius 1 is 1.40 bits per heavy atom. The number of hydrogen-bond acceptors (Lipinski definition) is 2. The van der Waals surface area contributed by atoms with E-state index in [1.54, 1.807) is 16.9 Å². The third-order valence-electron chi connectivity index (χ3n) is 3.09. The van der Waals surface area contributed by atoms with Gasteiger partial charge in [0.1, 0.15) is 0 Å². The summed E-state index contributed by atoms with van der Waals surface area (Å²) in [7, 11) is 1.85. The molecule has 0 bridgehead atoms. The first-order valence-corrected chi connectivity index (χ1v) is 7.16. The highest BCUT2D eigenvalue weighted by atomic mass is 79.9. The van der Waals surface area contributed by atoms with Gasteiger partial charge in [0.25, 0.3) is 0 Å². The van der Waals surface area contributed by atoms with E-state index in [9.17, 15) is 8.78 Å². The summed E-state index contributed by atoms with van der Waals surface area (Å²) in [5.74, 6) is -1.70. The predicted molar refractivity (Wildman–Crippen MR) is 77.4 cm³/mol. The molecule has 1 N–H and O–H groups in total. The smallest absolute Gasteiger partial charge is 0.173 e. The van der Waals surface area contributed by atoms with Gasteiger partial charge in [0, 0.05) is 19.3 Å². The van der Waals surface area contributed by atoms with Gasteiger partial charge in [0.05, 0.1) is 10.7 Å². The van der Waals surface area contributed by atoms with Crippen molar-refractivity contribution in [3.8, 4) is 0 Å². The van der Waals surface area contributed by atoms with E-state index in [1.165, 1.54) is 0 Å². The molecule has 0 aliphatic heterocycles. The number of halogens is 3. The number of benzene rings is 1. The van der Waals surface area contributed by atoms with Crippen LogP contribution in [0.4, 0.5) is 8.78 Å². The average Bonchev–Trinajstić information content (AvgIpc) is 2.81. The highest BCUT2D eigenvalue weighted by molar-refractivity contribution is 9.10. The van der Waals surface area contributed by atoms with Gasteiger partial charge in [0.15, 0.2) is 11.6 Å². The molecule has 1 unspecified atom stereocenters. The van der Waals surface area contributed by atoms with Crippen LogP contribution in [0.15, 0.2) is 29.0 Å². The Hall–Kier alpha value is -1.27. The van der Waals surface area contributed by atoms with E-state index in [0.29, 0.717) is 12.0 Å². The van der Waals surface area contributed by atoms with Crippen molar-refractivity contribution in [3.63, 3.8) is 0 Å². The Balaban J connectivity index is 2.31. The third-order valence-corrected chi connectivity index (χ3v) is 3.90. The van der Waals surface area contributed by atoms with Gasteiger partial charge < -0.3 is 5.32 Å². The van der Waals surface area contributed by atoms with Crippen molar-refractivity contribution in [2.75, 3.05) is 6.54 Å². The molecule has 20 heavy (non-hydrogen) atoms. The molecule has 0 saturated heterocycles. The van der Waals surface area contributed by atoms with Gasteiger partial charge in [-0.3, -0.25) is 4.68 Å². The van der Waals surface area contributed by atoms with Gasteiger partial charge >= 0.3 is 0 Å². The number of rotatable bonds is 5. The molecule has 1 aromatic carbocycles. The van der Waals surface area contributed by atoms with Crippen molar-refractivity contribution in [2.45, 2.75) is 19.4 Å². The summed E-state index contributed by atoms with van der Waals surface area (Å²) in [6, 6.07) is 2.66. The second-order valence-electron chi connectivity index (χ2n) is 4.60. The molecule has 3 nitrogen and oxygen atoms in total. The lowest BCUT2D eigenvalue weighted by molar-refractivity contribution is 0.491. The maximum atomic E-state index is 13.7. The SMILES string of the molecule is CCNC(Cc1cnn(C)c1)c1ccc(F)c(F)c1Br. The second-order valence-corrected chi connectivity index (χ2v) is 5.39. The van der Waals surface area contributed by atoms with Gasteiger partial charge in [-0.05, 0) is 46.1 Å². The molecule has 108 valence electrons. The van der Waals surface area contributed by atoms with Crippen LogP contribution in [0.5, 0.6) is 0 Å². The topological polar surface area (TPSA) is 29.9 Å². The minimum absolute atomic E-state index is 0.103. The Morgan fingerprint density at radius 2 is 2.15 bits per heavy atom. The molecular formula is C14H16BrF2N3. The van der Waals surface area contributed by atoms with E-state index in [0.717, 1.165) is 18.2 Å². The standard InChI is InChI=1S/C14H16BrF2N3/c1-3-18-12(6-9-7-19-20(2)8-9)10-4-5-11(16)14(17)13(10)15/h4-5,7-8,12,18H,3,6H2,1-2H3. The molecule has 0 amide bonds. The molecule has 0 radical (unpaired) electrons. The third kappa shape index (κ3) is 3.24. The minimum Gasteiger partial charge on any atom is -0.310 e. The van der Waals surface area contributed by atoms with Crippen molar-refractivity contribution in [1.29, 1.82) is 0 Å². The summed E-state index contributed by atoms with van der Waals surface area (Å²) in [6.45, 7) is 2.71. The molecule has 6 heteroatoms. The van der Waals surface area contributed by atoms with Crippen molar-refractivity contribution >= 4 is 15.9 Å². The lowest BCUT2D eigenvalue weighted by atomic mass is 10.0. The van der Waals surface area contributed by atoms with Crippen LogP contribution in [0.1, 0.15) is 24.1 Å². The summed E-state index contributed by atoms with van der Waals surface area (Å²) < 4.78 is 28.8. The number of nitrogens with one attached hydrogen (secondary N) is 1. The molecule has 0 saturated carbocycles. The molecule has 2 rings (SSSR count). The maximum Gasteiger partial charge on any atom is 0.173 e. The Morgan fingerprint density at radius 3 is 2.75 bits per heavy atom. The van der Waals surface area contributed by atoms with E-state index in [2.05, 4.69) is 26.3 Å². The minimum atomic E-state index is -0.850. The van der Waals surface area contributed by atoms with E-state index in [-0.39, 0.29) is 10.5 Å². The van der Waals surface area contributed by atoms with Gasteiger partial charge in [-0.1, -0.05) is 13.0 Å².